The molecule has 2 aromatic rings. The molecule has 0 aliphatic heterocycles. The average molecular weight is 248 g/mol. The maximum Gasteiger partial charge on any atom is 0.119 e. The van der Waals surface area contributed by atoms with Crippen LogP contribution in [0.1, 0.15) is 12.1 Å². The van der Waals surface area contributed by atoms with Crippen molar-refractivity contribution in [2.24, 2.45) is 0 Å². The predicted octanol–water partition coefficient (Wildman–Crippen LogP) is 2.70. The molecule has 0 bridgehead atoms. The van der Waals surface area contributed by atoms with Gasteiger partial charge in [-0.1, -0.05) is 18.2 Å². The predicted molar refractivity (Wildman–Crippen MR) is 70.4 cm³/mol. The molecule has 4 heteroatoms. The summed E-state index contributed by atoms with van der Waals surface area (Å²) in [5.41, 5.74) is 2.97. The minimum absolute atomic E-state index is 0.744. The maximum absolute atomic E-state index is 5.59. The van der Waals surface area contributed by atoms with Crippen molar-refractivity contribution in [3.63, 3.8) is 0 Å². The second kappa shape index (κ2) is 7.04. The van der Waals surface area contributed by atoms with Gasteiger partial charge < -0.3 is 10.1 Å². The number of nitrogens with zero attached hydrogens (tertiary/aromatic N) is 1. The summed E-state index contributed by atoms with van der Waals surface area (Å²) >= 11 is 1.63. The Morgan fingerprint density at radius 2 is 2.12 bits per heavy atom. The first-order chi connectivity index (χ1) is 8.45. The van der Waals surface area contributed by atoms with Crippen LogP contribution in [0.2, 0.25) is 0 Å². The van der Waals surface area contributed by atoms with Crippen LogP contribution in [0.3, 0.4) is 0 Å². The van der Waals surface area contributed by atoms with E-state index in [2.05, 4.69) is 15.7 Å². The van der Waals surface area contributed by atoms with Gasteiger partial charge in [0.2, 0.25) is 0 Å². The summed E-state index contributed by atoms with van der Waals surface area (Å²) in [7, 11) is 0. The molecule has 90 valence electrons. The molecule has 0 aliphatic rings. The number of hydrogen-bond acceptors (Lipinski definition) is 4. The third-order valence-corrected chi connectivity index (χ3v) is 2.93. The number of para-hydroxylation sites is 1. The van der Waals surface area contributed by atoms with Crippen LogP contribution in [0.4, 0.5) is 0 Å². The third kappa shape index (κ3) is 4.54. The topological polar surface area (TPSA) is 34.1 Å². The quantitative estimate of drug-likeness (QED) is 0.765. The van der Waals surface area contributed by atoms with Crippen LogP contribution in [0, 0.1) is 0 Å². The zero-order valence-electron chi connectivity index (χ0n) is 9.63. The second-order valence-corrected chi connectivity index (χ2v) is 4.39. The van der Waals surface area contributed by atoms with Crippen LogP contribution < -0.4 is 10.1 Å². The molecule has 0 unspecified atom stereocenters. The van der Waals surface area contributed by atoms with Gasteiger partial charge in [-0.2, -0.15) is 0 Å². The summed E-state index contributed by atoms with van der Waals surface area (Å²) in [5.74, 6) is 0.937. The first kappa shape index (κ1) is 12.1. The molecule has 0 spiro atoms. The van der Waals surface area contributed by atoms with Crippen LogP contribution in [-0.2, 0) is 6.54 Å². The first-order valence-corrected chi connectivity index (χ1v) is 6.65. The van der Waals surface area contributed by atoms with Crippen LogP contribution >= 0.6 is 11.3 Å². The molecule has 0 atom stereocenters. The summed E-state index contributed by atoms with van der Waals surface area (Å²) in [6.45, 7) is 2.53. The monoisotopic (exact) mass is 248 g/mol. The number of hydrogen-bond donors (Lipinski definition) is 1. The number of thiazole rings is 1. The molecule has 1 heterocycles. The van der Waals surface area contributed by atoms with E-state index >= 15 is 0 Å². The van der Waals surface area contributed by atoms with E-state index in [1.54, 1.807) is 11.3 Å². The zero-order chi connectivity index (χ0) is 11.8. The second-order valence-electron chi connectivity index (χ2n) is 3.67. The van der Waals surface area contributed by atoms with E-state index in [0.717, 1.165) is 37.6 Å². The Morgan fingerprint density at radius 1 is 1.24 bits per heavy atom. The highest BCUT2D eigenvalue weighted by Crippen LogP contribution is 2.08. The lowest BCUT2D eigenvalue weighted by molar-refractivity contribution is 0.308. The van der Waals surface area contributed by atoms with Crippen LogP contribution in [0.15, 0.2) is 41.2 Å². The lowest BCUT2D eigenvalue weighted by Crippen LogP contribution is -2.17. The Morgan fingerprint density at radius 3 is 2.88 bits per heavy atom. The highest BCUT2D eigenvalue weighted by molar-refractivity contribution is 7.07. The molecular weight excluding hydrogens is 232 g/mol. The molecule has 1 N–H and O–H groups in total. The molecule has 0 radical (unpaired) electrons. The summed E-state index contributed by atoms with van der Waals surface area (Å²) in [5, 5.41) is 5.40. The molecule has 0 amide bonds. The van der Waals surface area contributed by atoms with Crippen molar-refractivity contribution in [1.82, 2.24) is 10.3 Å². The zero-order valence-corrected chi connectivity index (χ0v) is 10.5. The van der Waals surface area contributed by atoms with Crippen LogP contribution in [0.25, 0.3) is 0 Å². The van der Waals surface area contributed by atoms with Gasteiger partial charge in [-0.3, -0.25) is 0 Å². The van der Waals surface area contributed by atoms with Gasteiger partial charge in [-0.05, 0) is 25.1 Å². The fourth-order valence-electron chi connectivity index (χ4n) is 1.45. The molecule has 1 aromatic heterocycles. The van der Waals surface area contributed by atoms with Crippen LogP contribution in [-0.4, -0.2) is 18.1 Å². The highest BCUT2D eigenvalue weighted by atomic mass is 32.1. The van der Waals surface area contributed by atoms with E-state index in [0.29, 0.717) is 0 Å². The lowest BCUT2D eigenvalue weighted by Gasteiger charge is -2.06. The minimum atomic E-state index is 0.744. The van der Waals surface area contributed by atoms with Crippen molar-refractivity contribution >= 4 is 11.3 Å². The van der Waals surface area contributed by atoms with Crippen molar-refractivity contribution in [1.29, 1.82) is 0 Å². The molecule has 0 fully saturated rings. The van der Waals surface area contributed by atoms with Gasteiger partial charge in [0.25, 0.3) is 0 Å². The fourth-order valence-corrected chi connectivity index (χ4v) is 2.00. The Balaban J connectivity index is 1.52. The molecule has 0 aliphatic carbocycles. The Labute approximate surface area is 105 Å². The van der Waals surface area contributed by atoms with Gasteiger partial charge in [-0.25, -0.2) is 4.98 Å². The number of benzene rings is 1. The van der Waals surface area contributed by atoms with E-state index in [1.165, 1.54) is 0 Å². The van der Waals surface area contributed by atoms with Crippen molar-refractivity contribution < 1.29 is 4.74 Å². The molecule has 0 saturated heterocycles. The molecular formula is C13H16N2OS. The Kier molecular flexibility index (Phi) is 5.00. The molecule has 2 rings (SSSR count). The van der Waals surface area contributed by atoms with E-state index in [4.69, 9.17) is 4.74 Å². The van der Waals surface area contributed by atoms with Crippen molar-refractivity contribution in [3.8, 4) is 5.75 Å². The summed E-state index contributed by atoms with van der Waals surface area (Å²) < 4.78 is 5.59. The van der Waals surface area contributed by atoms with Crippen molar-refractivity contribution in [3.05, 3.63) is 46.9 Å². The fraction of sp³-hybridized carbons (Fsp3) is 0.308. The number of ether oxygens (including phenoxy) is 1. The van der Waals surface area contributed by atoms with E-state index in [9.17, 15) is 0 Å². The molecule has 1 aromatic carbocycles. The minimum Gasteiger partial charge on any atom is -0.494 e. The standard InChI is InChI=1S/C13H16N2OS/c1-2-5-13(6-3-1)16-8-4-7-14-9-12-10-17-11-15-12/h1-3,5-6,10-11,14H,4,7-9H2. The van der Waals surface area contributed by atoms with Crippen molar-refractivity contribution in [2.45, 2.75) is 13.0 Å². The van der Waals surface area contributed by atoms with E-state index in [1.807, 2.05) is 35.8 Å². The maximum atomic E-state index is 5.59. The Hall–Kier alpha value is -1.39. The first-order valence-electron chi connectivity index (χ1n) is 5.71. The number of aromatic nitrogens is 1. The van der Waals surface area contributed by atoms with Gasteiger partial charge in [0.1, 0.15) is 5.75 Å². The highest BCUT2D eigenvalue weighted by Gasteiger charge is 1.94. The van der Waals surface area contributed by atoms with Crippen LogP contribution in [0.5, 0.6) is 5.75 Å². The number of nitrogens with one attached hydrogen (secondary N) is 1. The summed E-state index contributed by atoms with van der Waals surface area (Å²) in [6, 6.07) is 9.90. The van der Waals surface area contributed by atoms with Crippen molar-refractivity contribution in [2.75, 3.05) is 13.2 Å². The van der Waals surface area contributed by atoms with Gasteiger partial charge >= 0.3 is 0 Å². The van der Waals surface area contributed by atoms with E-state index in [-0.39, 0.29) is 0 Å². The molecule has 0 saturated carbocycles. The van der Waals surface area contributed by atoms with E-state index < -0.39 is 0 Å². The number of rotatable bonds is 7. The normalized spacial score (nSPS) is 10.4. The van der Waals surface area contributed by atoms with Gasteiger partial charge in [0, 0.05) is 11.9 Å². The SMILES string of the molecule is c1ccc(OCCCNCc2cscn2)cc1. The van der Waals surface area contributed by atoms with Gasteiger partial charge in [-0.15, -0.1) is 11.3 Å². The Bertz CT molecular complexity index is 403. The third-order valence-electron chi connectivity index (χ3n) is 2.30. The van der Waals surface area contributed by atoms with Gasteiger partial charge in [0.15, 0.2) is 0 Å². The molecule has 3 nitrogen and oxygen atoms in total. The molecule has 17 heavy (non-hydrogen) atoms. The summed E-state index contributed by atoms with van der Waals surface area (Å²) in [6.07, 6.45) is 0.999. The summed E-state index contributed by atoms with van der Waals surface area (Å²) in [4.78, 5) is 4.21. The average Bonchev–Trinajstić information content (AvgIpc) is 2.88. The lowest BCUT2D eigenvalue weighted by atomic mass is 10.3. The smallest absolute Gasteiger partial charge is 0.119 e. The van der Waals surface area contributed by atoms with Gasteiger partial charge in [0.05, 0.1) is 17.8 Å². The largest absolute Gasteiger partial charge is 0.494 e.